The first-order chi connectivity index (χ1) is 7.20. The van der Waals surface area contributed by atoms with Gasteiger partial charge in [0, 0.05) is 0 Å². The minimum Gasteiger partial charge on any atom is -0.451 e. The van der Waals surface area contributed by atoms with Gasteiger partial charge in [0.1, 0.15) is 17.8 Å². The number of rotatable bonds is 2. The zero-order valence-electron chi connectivity index (χ0n) is 7.41. The van der Waals surface area contributed by atoms with Gasteiger partial charge in [-0.15, -0.1) is 0 Å². The first-order valence-corrected chi connectivity index (χ1v) is 4.86. The van der Waals surface area contributed by atoms with Gasteiger partial charge in [0.05, 0.1) is 10.0 Å². The third-order valence-electron chi connectivity index (χ3n) is 1.86. The van der Waals surface area contributed by atoms with Gasteiger partial charge >= 0.3 is 0 Å². The van der Waals surface area contributed by atoms with Gasteiger partial charge < -0.3 is 4.42 Å². The quantitative estimate of drug-likeness (QED) is 0.788. The fraction of sp³-hybridized carbons (Fsp3) is 0. The van der Waals surface area contributed by atoms with E-state index >= 15 is 0 Å². The summed E-state index contributed by atoms with van der Waals surface area (Å²) in [6, 6.07) is 4.51. The molecule has 2 aromatic rings. The Kier molecular flexibility index (Phi) is 2.64. The molecule has 0 N–H and O–H groups in total. The van der Waals surface area contributed by atoms with Crippen molar-refractivity contribution in [3.05, 3.63) is 52.4 Å². The van der Waals surface area contributed by atoms with Crippen LogP contribution in [0, 0.1) is 5.82 Å². The van der Waals surface area contributed by atoms with Crippen molar-refractivity contribution in [1.29, 1.82) is 0 Å². The number of benzene rings is 1. The van der Waals surface area contributed by atoms with E-state index in [4.69, 9.17) is 0 Å². The predicted octanol–water partition coefficient (Wildman–Crippen LogP) is 2.81. The number of hydrogen-bond acceptors (Lipinski definition) is 3. The number of hydrogen-bond donors (Lipinski definition) is 0. The lowest BCUT2D eigenvalue weighted by Crippen LogP contribution is -2.04. The molecule has 0 saturated heterocycles. The van der Waals surface area contributed by atoms with E-state index in [1.807, 2.05) is 0 Å². The maximum absolute atomic E-state index is 13.5. The van der Waals surface area contributed by atoms with E-state index in [0.29, 0.717) is 0 Å². The molecule has 0 unspecified atom stereocenters. The van der Waals surface area contributed by atoms with Gasteiger partial charge in [0.15, 0.2) is 6.39 Å². The third kappa shape index (κ3) is 1.83. The molecule has 0 radical (unpaired) electrons. The molecule has 5 heteroatoms. The molecule has 0 amide bonds. The minimum atomic E-state index is -0.592. The van der Waals surface area contributed by atoms with Crippen molar-refractivity contribution < 1.29 is 13.6 Å². The van der Waals surface area contributed by atoms with E-state index in [2.05, 4.69) is 25.3 Å². The van der Waals surface area contributed by atoms with Crippen LogP contribution in [0.3, 0.4) is 0 Å². The third-order valence-corrected chi connectivity index (χ3v) is 2.47. The van der Waals surface area contributed by atoms with Crippen molar-refractivity contribution in [3.8, 4) is 0 Å². The van der Waals surface area contributed by atoms with Crippen LogP contribution in [-0.4, -0.2) is 10.8 Å². The van der Waals surface area contributed by atoms with Gasteiger partial charge in [-0.2, -0.15) is 0 Å². The molecule has 0 aliphatic heterocycles. The maximum atomic E-state index is 13.5. The van der Waals surface area contributed by atoms with Crippen LogP contribution in [0.2, 0.25) is 0 Å². The number of aromatic nitrogens is 1. The van der Waals surface area contributed by atoms with E-state index < -0.39 is 11.6 Å². The van der Waals surface area contributed by atoms with Crippen molar-refractivity contribution in [2.24, 2.45) is 0 Å². The summed E-state index contributed by atoms with van der Waals surface area (Å²) >= 11 is 3.01. The minimum absolute atomic E-state index is 0.0294. The molecule has 2 rings (SSSR count). The zero-order chi connectivity index (χ0) is 10.8. The molecule has 3 nitrogen and oxygen atoms in total. The van der Waals surface area contributed by atoms with Crippen LogP contribution in [-0.2, 0) is 0 Å². The number of halogens is 2. The average molecular weight is 270 g/mol. The van der Waals surface area contributed by atoms with E-state index in [-0.39, 0.29) is 15.7 Å². The molecule has 0 saturated carbocycles. The SMILES string of the molecule is O=C(c1cocn1)c1cccc(Br)c1F. The molecule has 0 aliphatic rings. The molecule has 1 aromatic heterocycles. The lowest BCUT2D eigenvalue weighted by molar-refractivity contribution is 0.103. The highest BCUT2D eigenvalue weighted by atomic mass is 79.9. The molecule has 0 spiro atoms. The monoisotopic (exact) mass is 269 g/mol. The fourth-order valence-electron chi connectivity index (χ4n) is 1.14. The van der Waals surface area contributed by atoms with Crippen molar-refractivity contribution in [2.75, 3.05) is 0 Å². The van der Waals surface area contributed by atoms with Crippen LogP contribution in [0.1, 0.15) is 16.1 Å². The molecular weight excluding hydrogens is 265 g/mol. The van der Waals surface area contributed by atoms with Crippen molar-refractivity contribution >= 4 is 21.7 Å². The second kappa shape index (κ2) is 3.94. The van der Waals surface area contributed by atoms with Gasteiger partial charge in [-0.1, -0.05) is 6.07 Å². The number of oxazole rings is 1. The largest absolute Gasteiger partial charge is 0.451 e. The Morgan fingerprint density at radius 3 is 2.93 bits per heavy atom. The normalized spacial score (nSPS) is 10.3. The Hall–Kier alpha value is -1.49. The van der Waals surface area contributed by atoms with E-state index in [1.54, 1.807) is 6.07 Å². The molecule has 1 heterocycles. The van der Waals surface area contributed by atoms with Crippen molar-refractivity contribution in [1.82, 2.24) is 4.98 Å². The predicted molar refractivity (Wildman–Crippen MR) is 54.0 cm³/mol. The van der Waals surface area contributed by atoms with Crippen LogP contribution in [0.4, 0.5) is 4.39 Å². The standard InChI is InChI=1S/C10H5BrFNO2/c11-7-3-1-2-6(9(7)12)10(14)8-4-15-5-13-8/h1-5H. The first-order valence-electron chi connectivity index (χ1n) is 4.07. The average Bonchev–Trinajstić information content (AvgIpc) is 2.74. The number of carbonyl (C=O) groups excluding carboxylic acids is 1. The second-order valence-electron chi connectivity index (χ2n) is 2.80. The molecule has 0 atom stereocenters. The Morgan fingerprint density at radius 2 is 2.27 bits per heavy atom. The van der Waals surface area contributed by atoms with E-state index in [0.717, 1.165) is 6.39 Å². The van der Waals surface area contributed by atoms with Crippen LogP contribution in [0.25, 0.3) is 0 Å². The van der Waals surface area contributed by atoms with Gasteiger partial charge in [0.25, 0.3) is 0 Å². The van der Waals surface area contributed by atoms with Crippen LogP contribution < -0.4 is 0 Å². The molecule has 0 bridgehead atoms. The Balaban J connectivity index is 2.47. The Labute approximate surface area is 93.1 Å². The first kappa shape index (κ1) is 10.0. The summed E-state index contributed by atoms with van der Waals surface area (Å²) in [6.07, 6.45) is 2.31. The Morgan fingerprint density at radius 1 is 1.47 bits per heavy atom. The molecule has 76 valence electrons. The molecule has 1 aromatic carbocycles. The molecule has 15 heavy (non-hydrogen) atoms. The van der Waals surface area contributed by atoms with E-state index in [9.17, 15) is 9.18 Å². The highest BCUT2D eigenvalue weighted by Gasteiger charge is 2.17. The topological polar surface area (TPSA) is 43.1 Å². The molecule has 0 fully saturated rings. The van der Waals surface area contributed by atoms with Crippen LogP contribution >= 0.6 is 15.9 Å². The zero-order valence-corrected chi connectivity index (χ0v) is 8.99. The van der Waals surface area contributed by atoms with Crippen LogP contribution in [0.15, 0.2) is 39.7 Å². The molecular formula is C10H5BrFNO2. The summed E-state index contributed by atoms with van der Waals surface area (Å²) in [4.78, 5) is 15.4. The van der Waals surface area contributed by atoms with Crippen molar-refractivity contribution in [2.45, 2.75) is 0 Å². The summed E-state index contributed by atoms with van der Waals surface area (Å²) in [5.74, 6) is -1.09. The highest BCUT2D eigenvalue weighted by Crippen LogP contribution is 2.20. The van der Waals surface area contributed by atoms with Crippen LogP contribution in [0.5, 0.6) is 0 Å². The van der Waals surface area contributed by atoms with Gasteiger partial charge in [0.2, 0.25) is 5.78 Å². The lowest BCUT2D eigenvalue weighted by Gasteiger charge is -2.00. The fourth-order valence-corrected chi connectivity index (χ4v) is 1.51. The number of ketones is 1. The smallest absolute Gasteiger partial charge is 0.217 e. The summed E-state index contributed by atoms with van der Waals surface area (Å²) in [5.41, 5.74) is 0.0604. The maximum Gasteiger partial charge on any atom is 0.217 e. The number of carbonyl (C=O) groups is 1. The molecule has 0 aliphatic carbocycles. The lowest BCUT2D eigenvalue weighted by atomic mass is 10.1. The second-order valence-corrected chi connectivity index (χ2v) is 3.66. The van der Waals surface area contributed by atoms with Gasteiger partial charge in [-0.25, -0.2) is 9.37 Å². The van der Waals surface area contributed by atoms with Gasteiger partial charge in [-0.05, 0) is 28.1 Å². The Bertz CT molecular complexity index is 496. The van der Waals surface area contributed by atoms with Crippen molar-refractivity contribution in [3.63, 3.8) is 0 Å². The summed E-state index contributed by atoms with van der Waals surface area (Å²) in [6.45, 7) is 0. The van der Waals surface area contributed by atoms with Gasteiger partial charge in [-0.3, -0.25) is 4.79 Å². The summed E-state index contributed by atoms with van der Waals surface area (Å²) in [5, 5.41) is 0. The number of nitrogens with zero attached hydrogens (tertiary/aromatic N) is 1. The summed E-state index contributed by atoms with van der Waals surface area (Å²) in [7, 11) is 0. The highest BCUT2D eigenvalue weighted by molar-refractivity contribution is 9.10. The summed E-state index contributed by atoms with van der Waals surface area (Å²) < 4.78 is 18.4. The van der Waals surface area contributed by atoms with E-state index in [1.165, 1.54) is 18.4 Å².